The molecule has 0 radical (unpaired) electrons. The Morgan fingerprint density at radius 3 is 1.98 bits per heavy atom. The molecule has 9 aromatic rings. The summed E-state index contributed by atoms with van der Waals surface area (Å²) in [6, 6.07) is 57.9. The van der Waals surface area contributed by atoms with Crippen molar-refractivity contribution in [2.24, 2.45) is 4.99 Å². The lowest BCUT2D eigenvalue weighted by Crippen LogP contribution is -2.45. The van der Waals surface area contributed by atoms with Crippen LogP contribution in [0.3, 0.4) is 0 Å². The number of nitrogens with one attached hydrogen (secondary N) is 2. The third-order valence-electron chi connectivity index (χ3n) is 9.79. The van der Waals surface area contributed by atoms with Gasteiger partial charge in [-0.2, -0.15) is 0 Å². The largest absolute Gasteiger partial charge is 0.456 e. The van der Waals surface area contributed by atoms with Crippen molar-refractivity contribution >= 4 is 59.3 Å². The third-order valence-corrected chi connectivity index (χ3v) is 11.1. The van der Waals surface area contributed by atoms with Gasteiger partial charge in [-0.3, -0.25) is 5.32 Å². The molecule has 0 aliphatic carbocycles. The number of thiophene rings is 1. The predicted molar refractivity (Wildman–Crippen MR) is 209 cm³/mol. The predicted octanol–water partition coefficient (Wildman–Crippen LogP) is 11.6. The topological polar surface area (TPSA) is 49.6 Å². The van der Waals surface area contributed by atoms with Crippen molar-refractivity contribution in [3.63, 3.8) is 0 Å². The second-order valence-electron chi connectivity index (χ2n) is 12.8. The fourth-order valence-corrected chi connectivity index (χ4v) is 8.78. The summed E-state index contributed by atoms with van der Waals surface area (Å²) < 4.78 is 8.82. The quantitative estimate of drug-likeness (QED) is 0.193. The first-order valence-corrected chi connectivity index (χ1v) is 17.8. The smallest absolute Gasteiger partial charge is 0.136 e. The minimum Gasteiger partial charge on any atom is -0.456 e. The first kappa shape index (κ1) is 29.0. The minimum absolute atomic E-state index is 0.117. The van der Waals surface area contributed by atoms with E-state index >= 15 is 0 Å². The van der Waals surface area contributed by atoms with E-state index in [0.29, 0.717) is 0 Å². The Balaban J connectivity index is 1.20. The molecule has 2 unspecified atom stereocenters. The van der Waals surface area contributed by atoms with E-state index in [4.69, 9.17) is 9.41 Å². The highest BCUT2D eigenvalue weighted by molar-refractivity contribution is 7.27. The first-order chi connectivity index (χ1) is 24.8. The number of hydrogen-bond donors (Lipinski definition) is 2. The first-order valence-electron chi connectivity index (χ1n) is 16.9. The molecule has 5 heteroatoms. The van der Waals surface area contributed by atoms with Crippen LogP contribution < -0.4 is 10.6 Å². The second kappa shape index (κ2) is 11.8. The van der Waals surface area contributed by atoms with E-state index in [-0.39, 0.29) is 12.3 Å². The van der Waals surface area contributed by atoms with Gasteiger partial charge < -0.3 is 9.73 Å². The summed E-state index contributed by atoms with van der Waals surface area (Å²) in [5.41, 5.74) is 9.96. The molecule has 7 aromatic carbocycles. The molecule has 4 nitrogen and oxygen atoms in total. The molecule has 238 valence electrons. The van der Waals surface area contributed by atoms with Crippen LogP contribution in [-0.4, -0.2) is 5.84 Å². The number of nitrogens with zero attached hydrogens (tertiary/aromatic N) is 1. The van der Waals surface area contributed by atoms with Gasteiger partial charge >= 0.3 is 0 Å². The van der Waals surface area contributed by atoms with Gasteiger partial charge in [-0.1, -0.05) is 140 Å². The molecule has 0 spiro atoms. The fourth-order valence-electron chi connectivity index (χ4n) is 7.38. The van der Waals surface area contributed by atoms with Gasteiger partial charge in [0.15, 0.2) is 0 Å². The number of amidine groups is 1. The average Bonchev–Trinajstić information content (AvgIpc) is 3.77. The number of furan rings is 1. The minimum atomic E-state index is -0.211. The van der Waals surface area contributed by atoms with Gasteiger partial charge in [0.1, 0.15) is 29.3 Å². The zero-order chi connectivity index (χ0) is 33.0. The van der Waals surface area contributed by atoms with Crippen LogP contribution in [0.15, 0.2) is 173 Å². The summed E-state index contributed by atoms with van der Waals surface area (Å²) in [6.45, 7) is 0. The zero-order valence-electron chi connectivity index (χ0n) is 27.0. The molecule has 0 bridgehead atoms. The normalized spacial score (nSPS) is 16.2. The van der Waals surface area contributed by atoms with E-state index in [2.05, 4.69) is 162 Å². The van der Waals surface area contributed by atoms with Crippen LogP contribution in [0.1, 0.15) is 29.0 Å². The fraction of sp³-hybridized carbons (Fsp3) is 0.0444. The molecule has 2 atom stereocenters. The number of aliphatic imine (C=N–C) groups is 1. The molecule has 2 aromatic heterocycles. The molecular weight excluding hydrogens is 631 g/mol. The van der Waals surface area contributed by atoms with Crippen molar-refractivity contribution < 1.29 is 4.42 Å². The molecule has 0 saturated carbocycles. The highest BCUT2D eigenvalue weighted by Crippen LogP contribution is 2.46. The molecular formula is C45H31N3OS. The molecule has 3 heterocycles. The number of para-hydroxylation sites is 1. The van der Waals surface area contributed by atoms with E-state index in [0.717, 1.165) is 50.0 Å². The van der Waals surface area contributed by atoms with Gasteiger partial charge in [0.05, 0.1) is 0 Å². The maximum absolute atomic E-state index is 6.33. The summed E-state index contributed by atoms with van der Waals surface area (Å²) in [7, 11) is 0. The summed E-state index contributed by atoms with van der Waals surface area (Å²) >= 11 is 1.86. The van der Waals surface area contributed by atoms with Gasteiger partial charge in [0.25, 0.3) is 0 Å². The Morgan fingerprint density at radius 2 is 1.16 bits per heavy atom. The Labute approximate surface area is 293 Å². The molecule has 0 saturated heterocycles. The summed E-state index contributed by atoms with van der Waals surface area (Å²) in [5.74, 6) is 0.880. The monoisotopic (exact) mass is 661 g/mol. The Bertz CT molecular complexity index is 2710. The van der Waals surface area contributed by atoms with Crippen LogP contribution >= 0.6 is 11.3 Å². The Morgan fingerprint density at radius 1 is 0.500 bits per heavy atom. The highest BCUT2D eigenvalue weighted by Gasteiger charge is 2.28. The molecule has 50 heavy (non-hydrogen) atoms. The van der Waals surface area contributed by atoms with Crippen LogP contribution in [0.4, 0.5) is 0 Å². The number of benzene rings is 7. The average molecular weight is 662 g/mol. The Hall–Kier alpha value is -6.01. The molecule has 1 aliphatic rings. The van der Waals surface area contributed by atoms with Crippen molar-refractivity contribution in [2.75, 3.05) is 0 Å². The molecule has 1 aliphatic heterocycles. The van der Waals surface area contributed by atoms with Crippen molar-refractivity contribution in [1.82, 2.24) is 10.6 Å². The van der Waals surface area contributed by atoms with E-state index < -0.39 is 0 Å². The van der Waals surface area contributed by atoms with Crippen LogP contribution in [0.25, 0.3) is 64.4 Å². The van der Waals surface area contributed by atoms with Crippen LogP contribution in [0.2, 0.25) is 0 Å². The van der Waals surface area contributed by atoms with Gasteiger partial charge in [0, 0.05) is 36.5 Å². The number of hydrogen-bond acceptors (Lipinski definition) is 5. The Kier molecular flexibility index (Phi) is 6.86. The van der Waals surface area contributed by atoms with Gasteiger partial charge in [-0.05, 0) is 57.6 Å². The van der Waals surface area contributed by atoms with Gasteiger partial charge in [-0.25, -0.2) is 4.99 Å². The molecule has 10 rings (SSSR count). The standard InChI is InChI=1S/C45H31N3OS/c1-4-13-28(14-5-1)33-25-26-37(45-47-43(29-15-6-2-7-16-29)46-44(48-45)30-17-8-3-9-18-30)40-36-21-12-20-32(41(36)50-42(33)40)31-23-24-35-34-19-10-11-22-38(34)49-39(35)27-31/h1-27,43-44,46H,(H,47,48). The lowest BCUT2D eigenvalue weighted by molar-refractivity contribution is 0.409. The summed E-state index contributed by atoms with van der Waals surface area (Å²) in [4.78, 5) is 5.36. The second-order valence-corrected chi connectivity index (χ2v) is 13.8. The van der Waals surface area contributed by atoms with Crippen molar-refractivity contribution in [3.05, 3.63) is 180 Å². The zero-order valence-corrected chi connectivity index (χ0v) is 27.8. The van der Waals surface area contributed by atoms with E-state index in [1.165, 1.54) is 36.9 Å². The van der Waals surface area contributed by atoms with Crippen molar-refractivity contribution in [1.29, 1.82) is 0 Å². The van der Waals surface area contributed by atoms with Crippen LogP contribution in [0, 0.1) is 0 Å². The molecule has 0 amide bonds. The van der Waals surface area contributed by atoms with Crippen LogP contribution in [-0.2, 0) is 0 Å². The lowest BCUT2D eigenvalue weighted by atomic mass is 9.96. The summed E-state index contributed by atoms with van der Waals surface area (Å²) in [6.07, 6.45) is -0.328. The maximum Gasteiger partial charge on any atom is 0.136 e. The number of rotatable bonds is 5. The highest BCUT2D eigenvalue weighted by atomic mass is 32.1. The number of fused-ring (bicyclic) bond motifs is 6. The molecule has 0 fully saturated rings. The molecule has 2 N–H and O–H groups in total. The van der Waals surface area contributed by atoms with Crippen LogP contribution in [0.5, 0.6) is 0 Å². The maximum atomic E-state index is 6.33. The van der Waals surface area contributed by atoms with Crippen molar-refractivity contribution in [3.8, 4) is 22.3 Å². The van der Waals surface area contributed by atoms with Gasteiger partial charge in [0.2, 0.25) is 0 Å². The van der Waals surface area contributed by atoms with Gasteiger partial charge in [-0.15, -0.1) is 11.3 Å². The SMILES string of the molecule is c1ccc(-c2ccc(C3=NC(c4ccccc4)NC(c4ccccc4)N3)c3c2sc2c(-c4ccc5c(c4)oc4ccccc45)cccc23)cc1. The van der Waals surface area contributed by atoms with E-state index in [9.17, 15) is 0 Å². The lowest BCUT2D eigenvalue weighted by Gasteiger charge is -2.32. The van der Waals surface area contributed by atoms with E-state index in [1.54, 1.807) is 0 Å². The van der Waals surface area contributed by atoms with E-state index in [1.807, 2.05) is 23.5 Å². The van der Waals surface area contributed by atoms with Crippen molar-refractivity contribution in [2.45, 2.75) is 12.3 Å². The third kappa shape index (κ3) is 4.82. The summed E-state index contributed by atoms with van der Waals surface area (Å²) in [5, 5.41) is 12.3.